The minimum Gasteiger partial charge on any atom is -0.383 e. The first-order valence-corrected chi connectivity index (χ1v) is 12.6. The number of piperidine rings is 1. The smallest absolute Gasteiger partial charge is 0.180 e. The van der Waals surface area contributed by atoms with Gasteiger partial charge in [0.05, 0.1) is 29.2 Å². The fourth-order valence-corrected chi connectivity index (χ4v) is 5.11. The van der Waals surface area contributed by atoms with Crippen LogP contribution in [0.1, 0.15) is 12.8 Å². The topological polar surface area (TPSA) is 72.6 Å². The fourth-order valence-electron chi connectivity index (χ4n) is 4.91. The lowest BCUT2D eigenvalue weighted by Gasteiger charge is -2.36. The van der Waals surface area contributed by atoms with Crippen LogP contribution in [0.4, 0.5) is 15.8 Å². The molecule has 2 aliphatic heterocycles. The molecule has 0 aliphatic carbocycles. The number of fused-ring (bicyclic) bond motifs is 1. The average Bonchev–Trinajstić information content (AvgIpc) is 3.31. The zero-order chi connectivity index (χ0) is 24.4. The number of imidazole rings is 1. The van der Waals surface area contributed by atoms with Gasteiger partial charge in [-0.1, -0.05) is 11.6 Å². The van der Waals surface area contributed by atoms with E-state index in [1.54, 1.807) is 19.4 Å². The number of benzene rings is 1. The van der Waals surface area contributed by atoms with Gasteiger partial charge in [0.25, 0.3) is 0 Å². The number of ether oxygens (including phenoxy) is 1. The van der Waals surface area contributed by atoms with Crippen LogP contribution in [0, 0.1) is 5.82 Å². The number of H-pyrrole nitrogens is 1. The van der Waals surface area contributed by atoms with Gasteiger partial charge in [0.15, 0.2) is 5.65 Å². The van der Waals surface area contributed by atoms with Gasteiger partial charge in [-0.2, -0.15) is 0 Å². The second-order valence-electron chi connectivity index (χ2n) is 9.47. The molecule has 2 saturated heterocycles. The van der Waals surface area contributed by atoms with E-state index < -0.39 is 0 Å². The fraction of sp³-hybridized carbons (Fsp3) is 0.520. The number of likely N-dealkylation sites (tertiary alicyclic amines) is 1. The van der Waals surface area contributed by atoms with Gasteiger partial charge in [0.1, 0.15) is 17.2 Å². The summed E-state index contributed by atoms with van der Waals surface area (Å²) in [5, 5.41) is 4.15. The molecule has 2 N–H and O–H groups in total. The van der Waals surface area contributed by atoms with E-state index in [0.29, 0.717) is 33.8 Å². The maximum atomic E-state index is 15.2. The highest BCUT2D eigenvalue weighted by molar-refractivity contribution is 6.34. The lowest BCUT2D eigenvalue weighted by atomic mass is 10.1. The van der Waals surface area contributed by atoms with Crippen molar-refractivity contribution in [1.29, 1.82) is 0 Å². The molecule has 188 valence electrons. The number of hydrogen-bond donors (Lipinski definition) is 2. The molecule has 0 radical (unpaired) electrons. The van der Waals surface area contributed by atoms with E-state index in [-0.39, 0.29) is 5.82 Å². The summed E-state index contributed by atoms with van der Waals surface area (Å²) in [5.41, 5.74) is 3.44. The normalized spacial score (nSPS) is 18.5. The Morgan fingerprint density at radius 2 is 1.94 bits per heavy atom. The van der Waals surface area contributed by atoms with Crippen molar-refractivity contribution in [3.8, 4) is 11.4 Å². The Labute approximate surface area is 210 Å². The van der Waals surface area contributed by atoms with Crippen LogP contribution in [-0.2, 0) is 4.74 Å². The van der Waals surface area contributed by atoms with Crippen molar-refractivity contribution in [2.75, 3.05) is 76.8 Å². The van der Waals surface area contributed by atoms with Gasteiger partial charge < -0.3 is 24.8 Å². The Morgan fingerprint density at radius 3 is 2.66 bits per heavy atom. The minimum absolute atomic E-state index is 0.246. The molecule has 0 saturated carbocycles. The number of pyridine rings is 1. The Bertz CT molecular complexity index is 1160. The summed E-state index contributed by atoms with van der Waals surface area (Å²) in [6.07, 6.45) is 3.72. The lowest BCUT2D eigenvalue weighted by Crippen LogP contribution is -2.47. The van der Waals surface area contributed by atoms with Crippen molar-refractivity contribution in [2.24, 2.45) is 0 Å². The van der Waals surface area contributed by atoms with Gasteiger partial charge in [-0.3, -0.25) is 4.90 Å². The second-order valence-corrected chi connectivity index (χ2v) is 9.88. The van der Waals surface area contributed by atoms with E-state index in [2.05, 4.69) is 42.0 Å². The molecule has 1 aromatic carbocycles. The van der Waals surface area contributed by atoms with Crippen molar-refractivity contribution in [3.05, 3.63) is 35.2 Å². The quantitative estimate of drug-likeness (QED) is 0.511. The summed E-state index contributed by atoms with van der Waals surface area (Å²) < 4.78 is 20.4. The molecule has 0 spiro atoms. The molecule has 0 atom stereocenters. The van der Waals surface area contributed by atoms with Crippen LogP contribution in [-0.4, -0.2) is 97.4 Å². The maximum Gasteiger partial charge on any atom is 0.180 e. The summed E-state index contributed by atoms with van der Waals surface area (Å²) in [4.78, 5) is 19.2. The molecule has 2 aliphatic rings. The summed E-state index contributed by atoms with van der Waals surface area (Å²) in [6.45, 7) is 7.09. The number of rotatable bonds is 7. The molecule has 4 heterocycles. The molecule has 0 bridgehead atoms. The van der Waals surface area contributed by atoms with E-state index in [0.717, 1.165) is 76.5 Å². The predicted molar refractivity (Wildman–Crippen MR) is 139 cm³/mol. The first-order chi connectivity index (χ1) is 17.0. The van der Waals surface area contributed by atoms with Gasteiger partial charge in [-0.25, -0.2) is 14.4 Å². The van der Waals surface area contributed by atoms with Crippen molar-refractivity contribution in [2.45, 2.75) is 18.9 Å². The molecule has 0 amide bonds. The van der Waals surface area contributed by atoms with E-state index >= 15 is 4.39 Å². The minimum atomic E-state index is -0.246. The lowest BCUT2D eigenvalue weighted by molar-refractivity contribution is 0.144. The molecule has 2 aromatic heterocycles. The average molecular weight is 502 g/mol. The SMILES string of the molecule is COCCN1CCN(c2ccc(-c3nc4ncc(Cl)c(NC5CCN(C)CC5)c4[nH]3)cc2F)CC1. The van der Waals surface area contributed by atoms with Crippen LogP contribution in [0.3, 0.4) is 0 Å². The maximum absolute atomic E-state index is 15.2. The Balaban J connectivity index is 1.34. The highest BCUT2D eigenvalue weighted by atomic mass is 35.5. The predicted octanol–water partition coefficient (Wildman–Crippen LogP) is 3.69. The first-order valence-electron chi connectivity index (χ1n) is 12.3. The molecule has 10 heteroatoms. The molecule has 3 aromatic rings. The molecule has 5 rings (SSSR count). The van der Waals surface area contributed by atoms with Gasteiger partial charge >= 0.3 is 0 Å². The Hall–Kier alpha value is -2.46. The number of anilines is 2. The second kappa shape index (κ2) is 10.7. The van der Waals surface area contributed by atoms with Gasteiger partial charge in [0, 0.05) is 51.4 Å². The highest BCUT2D eigenvalue weighted by Crippen LogP contribution is 2.33. The third-order valence-corrected chi connectivity index (χ3v) is 7.37. The number of aromatic amines is 1. The van der Waals surface area contributed by atoms with Gasteiger partial charge in [0.2, 0.25) is 0 Å². The number of halogens is 2. The van der Waals surface area contributed by atoms with Crippen molar-refractivity contribution < 1.29 is 9.13 Å². The van der Waals surface area contributed by atoms with Crippen molar-refractivity contribution >= 4 is 34.1 Å². The monoisotopic (exact) mass is 501 g/mol. The van der Waals surface area contributed by atoms with Crippen LogP contribution in [0.2, 0.25) is 5.02 Å². The zero-order valence-corrected chi connectivity index (χ0v) is 21.1. The molecule has 0 unspecified atom stereocenters. The molecule has 8 nitrogen and oxygen atoms in total. The van der Waals surface area contributed by atoms with E-state index in [4.69, 9.17) is 16.3 Å². The summed E-state index contributed by atoms with van der Waals surface area (Å²) in [5.74, 6) is 0.333. The summed E-state index contributed by atoms with van der Waals surface area (Å²) in [6, 6.07) is 5.66. The number of methoxy groups -OCH3 is 1. The zero-order valence-electron chi connectivity index (χ0n) is 20.4. The summed E-state index contributed by atoms with van der Waals surface area (Å²) in [7, 11) is 3.86. The number of nitrogens with one attached hydrogen (secondary N) is 2. The number of nitrogens with zero attached hydrogens (tertiary/aromatic N) is 5. The molecular weight excluding hydrogens is 469 g/mol. The third kappa shape index (κ3) is 5.38. The van der Waals surface area contributed by atoms with Crippen LogP contribution in [0.25, 0.3) is 22.6 Å². The van der Waals surface area contributed by atoms with Crippen molar-refractivity contribution in [3.63, 3.8) is 0 Å². The van der Waals surface area contributed by atoms with Crippen molar-refractivity contribution in [1.82, 2.24) is 24.8 Å². The van der Waals surface area contributed by atoms with E-state index in [9.17, 15) is 0 Å². The molecule has 2 fully saturated rings. The number of aromatic nitrogens is 3. The molecular formula is C25H33ClFN7O. The number of piperazine rings is 1. The van der Waals surface area contributed by atoms with Crippen LogP contribution >= 0.6 is 11.6 Å². The Morgan fingerprint density at radius 1 is 1.17 bits per heavy atom. The number of hydrogen-bond acceptors (Lipinski definition) is 7. The van der Waals surface area contributed by atoms with E-state index in [1.807, 2.05) is 12.1 Å². The van der Waals surface area contributed by atoms with E-state index in [1.165, 1.54) is 0 Å². The third-order valence-electron chi connectivity index (χ3n) is 7.09. The van der Waals surface area contributed by atoms with Crippen LogP contribution in [0.5, 0.6) is 0 Å². The standard InChI is InChI=1S/C25H33ClFN7O/c1-32-7-5-18(6-8-32)29-22-19(26)16-28-25-23(22)30-24(31-25)17-3-4-21(20(27)15-17)34-11-9-33(10-12-34)13-14-35-2/h3-4,15-16,18H,5-14H2,1-2H3,(H2,28,29,30,31). The largest absolute Gasteiger partial charge is 0.383 e. The van der Waals surface area contributed by atoms with Gasteiger partial charge in [-0.05, 0) is 51.2 Å². The van der Waals surface area contributed by atoms with Crippen LogP contribution in [0.15, 0.2) is 24.4 Å². The van der Waals surface area contributed by atoms with Crippen LogP contribution < -0.4 is 10.2 Å². The Kier molecular flexibility index (Phi) is 7.38. The highest BCUT2D eigenvalue weighted by Gasteiger charge is 2.22. The van der Waals surface area contributed by atoms with Gasteiger partial charge in [-0.15, -0.1) is 0 Å². The molecule has 35 heavy (non-hydrogen) atoms. The first kappa shape index (κ1) is 24.2. The summed E-state index contributed by atoms with van der Waals surface area (Å²) >= 11 is 6.52.